The lowest BCUT2D eigenvalue weighted by atomic mass is 9.93. The van der Waals surface area contributed by atoms with E-state index in [0.717, 1.165) is 34.1 Å². The zero-order chi connectivity index (χ0) is 36.2. The van der Waals surface area contributed by atoms with Gasteiger partial charge in [-0.05, 0) is 101 Å². The average molecular weight is 691 g/mol. The Morgan fingerprint density at radius 2 is 0.796 bits per heavy atom. The highest BCUT2D eigenvalue weighted by Gasteiger charge is 2.25. The largest absolute Gasteiger partial charge is 0.309 e. The van der Waals surface area contributed by atoms with Crippen molar-refractivity contribution in [2.45, 2.75) is 13.8 Å². The van der Waals surface area contributed by atoms with Gasteiger partial charge in [-0.1, -0.05) is 145 Å². The maximum absolute atomic E-state index is 2.50. The summed E-state index contributed by atoms with van der Waals surface area (Å²) >= 11 is 0. The van der Waals surface area contributed by atoms with E-state index in [-0.39, 0.29) is 0 Å². The molecule has 0 fully saturated rings. The van der Waals surface area contributed by atoms with E-state index in [0.29, 0.717) is 0 Å². The quantitative estimate of drug-likeness (QED) is 0.160. The normalized spacial score (nSPS) is 11.5. The first-order valence-electron chi connectivity index (χ1n) is 18.7. The summed E-state index contributed by atoms with van der Waals surface area (Å²) in [5.41, 5.74) is 9.30. The van der Waals surface area contributed by atoms with Crippen LogP contribution >= 0.6 is 0 Å². The zero-order valence-electron chi connectivity index (χ0n) is 30.4. The molecule has 10 aromatic carbocycles. The summed E-state index contributed by atoms with van der Waals surface area (Å²) in [5, 5.41) is 12.0. The van der Waals surface area contributed by atoms with Crippen LogP contribution in [0.1, 0.15) is 11.1 Å². The Labute approximate surface area is 315 Å². The van der Waals surface area contributed by atoms with E-state index in [1.165, 1.54) is 65.0 Å². The van der Waals surface area contributed by atoms with E-state index in [1.807, 2.05) is 0 Å². The molecule has 0 aliphatic rings. The smallest absolute Gasteiger partial charge is 0.0619 e. The molecular formula is C52H38N2. The van der Waals surface area contributed by atoms with Gasteiger partial charge in [-0.2, -0.15) is 0 Å². The molecule has 0 saturated carbocycles. The molecule has 10 aromatic rings. The summed E-state index contributed by atoms with van der Waals surface area (Å²) in [6.45, 7) is 4.34. The van der Waals surface area contributed by atoms with Gasteiger partial charge in [0.25, 0.3) is 0 Å². The molecule has 0 aromatic heterocycles. The van der Waals surface area contributed by atoms with Crippen LogP contribution in [0.4, 0.5) is 34.1 Å². The van der Waals surface area contributed by atoms with E-state index in [1.54, 1.807) is 0 Å². The van der Waals surface area contributed by atoms with Crippen LogP contribution in [-0.4, -0.2) is 0 Å². The van der Waals surface area contributed by atoms with Gasteiger partial charge < -0.3 is 9.80 Å². The summed E-state index contributed by atoms with van der Waals surface area (Å²) in [6, 6.07) is 71.4. The van der Waals surface area contributed by atoms with Crippen molar-refractivity contribution in [1.82, 2.24) is 0 Å². The van der Waals surface area contributed by atoms with Crippen molar-refractivity contribution in [3.8, 4) is 0 Å². The van der Waals surface area contributed by atoms with Gasteiger partial charge in [0.2, 0.25) is 0 Å². The average Bonchev–Trinajstić information content (AvgIpc) is 3.21. The Bertz CT molecular complexity index is 3030. The summed E-state index contributed by atoms with van der Waals surface area (Å²) in [7, 11) is 0. The third-order valence-electron chi connectivity index (χ3n) is 10.8. The van der Waals surface area contributed by atoms with Crippen molar-refractivity contribution in [3.05, 3.63) is 205 Å². The van der Waals surface area contributed by atoms with Crippen LogP contribution in [0.15, 0.2) is 194 Å². The molecule has 0 atom stereocenters. The lowest BCUT2D eigenvalue weighted by Gasteiger charge is -2.32. The number of hydrogen-bond acceptors (Lipinski definition) is 2. The zero-order valence-corrected chi connectivity index (χ0v) is 30.4. The Hall–Kier alpha value is -6.90. The van der Waals surface area contributed by atoms with Crippen LogP contribution in [0.2, 0.25) is 0 Å². The van der Waals surface area contributed by atoms with Gasteiger partial charge in [-0.15, -0.1) is 0 Å². The van der Waals surface area contributed by atoms with E-state index < -0.39 is 0 Å². The highest BCUT2D eigenvalue weighted by atomic mass is 15.2. The second kappa shape index (κ2) is 12.9. The fourth-order valence-corrected chi connectivity index (χ4v) is 8.28. The van der Waals surface area contributed by atoms with Crippen LogP contribution < -0.4 is 9.80 Å². The SMILES string of the molecule is Cc1ccc(N(c2cccc3ccccc23)c2c3ccccc3cc3c(N(c4cccc(C)c4)c4ccc5ccccc5c4)c4ccccc4cc23)cc1. The monoisotopic (exact) mass is 690 g/mol. The molecule has 0 saturated heterocycles. The first-order chi connectivity index (χ1) is 26.6. The molecule has 0 heterocycles. The van der Waals surface area contributed by atoms with Crippen LogP contribution in [0.5, 0.6) is 0 Å². The van der Waals surface area contributed by atoms with Crippen LogP contribution in [0.25, 0.3) is 53.9 Å². The predicted octanol–water partition coefficient (Wildman–Crippen LogP) is 15.0. The standard InChI is InChI=1S/C52H38N2/c1-35-25-28-42(29-26-35)54(50-24-12-19-38-15-5-8-21-45(38)50)52-47-23-10-7-18-41(47)33-48-49(52)34-40-17-6-9-22-46(40)51(48)53(43-20-11-13-36(2)31-43)44-30-27-37-14-3-4-16-39(37)32-44/h3-34H,1-2H3. The van der Waals surface area contributed by atoms with Crippen LogP contribution in [0.3, 0.4) is 0 Å². The number of anilines is 6. The van der Waals surface area contributed by atoms with Gasteiger partial charge in [-0.3, -0.25) is 0 Å². The van der Waals surface area contributed by atoms with Crippen molar-refractivity contribution in [2.75, 3.05) is 9.80 Å². The molecule has 54 heavy (non-hydrogen) atoms. The lowest BCUT2D eigenvalue weighted by molar-refractivity contribution is 1.29. The van der Waals surface area contributed by atoms with Crippen LogP contribution in [-0.2, 0) is 0 Å². The minimum absolute atomic E-state index is 1.12. The maximum Gasteiger partial charge on any atom is 0.0619 e. The van der Waals surface area contributed by atoms with Gasteiger partial charge in [-0.25, -0.2) is 0 Å². The van der Waals surface area contributed by atoms with Gasteiger partial charge in [0, 0.05) is 44.0 Å². The van der Waals surface area contributed by atoms with E-state index in [4.69, 9.17) is 0 Å². The molecule has 2 nitrogen and oxygen atoms in total. The summed E-state index contributed by atoms with van der Waals surface area (Å²) in [6.07, 6.45) is 0. The summed E-state index contributed by atoms with van der Waals surface area (Å²) in [5.74, 6) is 0. The summed E-state index contributed by atoms with van der Waals surface area (Å²) in [4.78, 5) is 4.98. The number of aryl methyl sites for hydroxylation is 2. The van der Waals surface area contributed by atoms with E-state index >= 15 is 0 Å². The van der Waals surface area contributed by atoms with Crippen LogP contribution in [0, 0.1) is 13.8 Å². The molecule has 10 rings (SSSR count). The molecule has 0 radical (unpaired) electrons. The topological polar surface area (TPSA) is 6.48 Å². The first-order valence-corrected chi connectivity index (χ1v) is 18.7. The molecule has 0 amide bonds. The van der Waals surface area contributed by atoms with Gasteiger partial charge >= 0.3 is 0 Å². The molecular weight excluding hydrogens is 653 g/mol. The maximum atomic E-state index is 2.50. The highest BCUT2D eigenvalue weighted by Crippen LogP contribution is 2.51. The molecule has 256 valence electrons. The van der Waals surface area contributed by atoms with Crippen molar-refractivity contribution in [3.63, 3.8) is 0 Å². The number of hydrogen-bond donors (Lipinski definition) is 0. The Morgan fingerprint density at radius 3 is 1.48 bits per heavy atom. The lowest BCUT2D eigenvalue weighted by Crippen LogP contribution is -2.14. The van der Waals surface area contributed by atoms with Crippen molar-refractivity contribution >= 4 is 88.0 Å². The molecule has 2 heteroatoms. The Kier molecular flexibility index (Phi) is 7.63. The third-order valence-corrected chi connectivity index (χ3v) is 10.8. The molecule has 0 spiro atoms. The van der Waals surface area contributed by atoms with Crippen molar-refractivity contribution in [1.29, 1.82) is 0 Å². The first kappa shape index (κ1) is 31.8. The molecule has 0 bridgehead atoms. The second-order valence-electron chi connectivity index (χ2n) is 14.4. The van der Waals surface area contributed by atoms with Gasteiger partial charge in [0.05, 0.1) is 17.1 Å². The molecule has 0 unspecified atom stereocenters. The number of rotatable bonds is 6. The Morgan fingerprint density at radius 1 is 0.278 bits per heavy atom. The Balaban J connectivity index is 1.38. The molecule has 0 N–H and O–H groups in total. The minimum Gasteiger partial charge on any atom is -0.309 e. The second-order valence-corrected chi connectivity index (χ2v) is 14.4. The minimum atomic E-state index is 1.12. The fraction of sp³-hybridized carbons (Fsp3) is 0.0385. The summed E-state index contributed by atoms with van der Waals surface area (Å²) < 4.78 is 0. The highest BCUT2D eigenvalue weighted by molar-refractivity contribution is 6.24. The predicted molar refractivity (Wildman–Crippen MR) is 233 cm³/mol. The molecule has 0 aliphatic heterocycles. The van der Waals surface area contributed by atoms with Crippen molar-refractivity contribution in [2.24, 2.45) is 0 Å². The molecule has 0 aliphatic carbocycles. The van der Waals surface area contributed by atoms with E-state index in [9.17, 15) is 0 Å². The number of nitrogens with zero attached hydrogens (tertiary/aromatic N) is 2. The van der Waals surface area contributed by atoms with Gasteiger partial charge in [0.15, 0.2) is 0 Å². The van der Waals surface area contributed by atoms with Gasteiger partial charge in [0.1, 0.15) is 0 Å². The number of fused-ring (bicyclic) bond motifs is 5. The fourth-order valence-electron chi connectivity index (χ4n) is 8.28. The number of benzene rings is 10. The van der Waals surface area contributed by atoms with Crippen molar-refractivity contribution < 1.29 is 0 Å². The third kappa shape index (κ3) is 5.35. The van der Waals surface area contributed by atoms with E-state index in [2.05, 4.69) is 218 Å².